The van der Waals surface area contributed by atoms with Crippen LogP contribution in [0.5, 0.6) is 5.75 Å². The van der Waals surface area contributed by atoms with Gasteiger partial charge in [0.15, 0.2) is 5.78 Å². The molecule has 8 nitrogen and oxygen atoms in total. The molecule has 0 bridgehead atoms. The van der Waals surface area contributed by atoms with Gasteiger partial charge in [0.05, 0.1) is 23.6 Å². The van der Waals surface area contributed by atoms with E-state index < -0.39 is 0 Å². The summed E-state index contributed by atoms with van der Waals surface area (Å²) in [4.78, 5) is 26.2. The molecule has 3 aromatic rings. The topological polar surface area (TPSA) is 108 Å². The second-order valence-electron chi connectivity index (χ2n) is 12.0. The van der Waals surface area contributed by atoms with Gasteiger partial charge < -0.3 is 20.5 Å². The van der Waals surface area contributed by atoms with Crippen LogP contribution in [-0.2, 0) is 9.53 Å². The zero-order valence-corrected chi connectivity index (χ0v) is 24.4. The number of esters is 1. The number of benzene rings is 2. The lowest BCUT2D eigenvalue weighted by molar-refractivity contribution is -0.152. The van der Waals surface area contributed by atoms with Gasteiger partial charge >= 0.3 is 5.97 Å². The van der Waals surface area contributed by atoms with Gasteiger partial charge in [-0.05, 0) is 100 Å². The fraction of sp³-hybridized carbons (Fsp3) is 0.485. The molecule has 3 N–H and O–H groups in total. The van der Waals surface area contributed by atoms with Crippen molar-refractivity contribution in [3.8, 4) is 11.4 Å². The van der Waals surface area contributed by atoms with E-state index in [0.29, 0.717) is 22.9 Å². The molecule has 2 saturated carbocycles. The number of carbonyl (C=O) groups is 2. The zero-order chi connectivity index (χ0) is 29.6. The van der Waals surface area contributed by atoms with E-state index in [1.165, 1.54) is 23.0 Å². The van der Waals surface area contributed by atoms with Crippen molar-refractivity contribution in [1.82, 2.24) is 15.1 Å². The van der Waals surface area contributed by atoms with Crippen molar-refractivity contribution in [2.24, 2.45) is 5.92 Å². The van der Waals surface area contributed by atoms with Crippen LogP contribution in [0.15, 0.2) is 54.7 Å². The average molecular weight is 577 g/mol. The summed E-state index contributed by atoms with van der Waals surface area (Å²) in [5, 5.41) is 7.84. The van der Waals surface area contributed by atoms with Gasteiger partial charge in [0.25, 0.3) is 0 Å². The third-order valence-corrected chi connectivity index (χ3v) is 8.21. The minimum atomic E-state index is -0.364. The van der Waals surface area contributed by atoms with Crippen LogP contribution in [0.25, 0.3) is 5.69 Å². The Morgan fingerprint density at radius 3 is 2.43 bits per heavy atom. The Kier molecular flexibility index (Phi) is 9.57. The molecule has 0 amide bonds. The van der Waals surface area contributed by atoms with Crippen molar-refractivity contribution in [1.29, 1.82) is 0 Å². The highest BCUT2D eigenvalue weighted by molar-refractivity contribution is 6.11. The summed E-state index contributed by atoms with van der Waals surface area (Å²) in [6, 6.07) is 12.8. The molecule has 0 radical (unpaired) electrons. The first-order valence-electron chi connectivity index (χ1n) is 15.1. The molecule has 5 rings (SSSR count). The highest BCUT2D eigenvalue weighted by Gasteiger charge is 2.30. The maximum absolute atomic E-state index is 13.3. The van der Waals surface area contributed by atoms with Crippen molar-refractivity contribution < 1.29 is 23.5 Å². The van der Waals surface area contributed by atoms with Crippen LogP contribution >= 0.6 is 0 Å². The molecule has 0 saturated heterocycles. The number of hydrogen-bond donors (Lipinski definition) is 2. The molecule has 1 atom stereocenters. The van der Waals surface area contributed by atoms with Gasteiger partial charge in [0, 0.05) is 11.6 Å². The molecule has 224 valence electrons. The van der Waals surface area contributed by atoms with Gasteiger partial charge in [0.1, 0.15) is 29.5 Å². The zero-order valence-electron chi connectivity index (χ0n) is 24.4. The highest BCUT2D eigenvalue weighted by Crippen LogP contribution is 2.28. The SMILES string of the molecule is CC(C)C[C@H](NC1CCC(Oc2cccc(C(=O)c3cnn(-c4ccc(F)cc4)c3N)c2)CC1)C(=O)OC1CCCC1. The number of nitrogens with one attached hydrogen (secondary N) is 1. The first kappa shape index (κ1) is 29.8. The molecule has 2 aromatic carbocycles. The normalized spacial score (nSPS) is 20.0. The van der Waals surface area contributed by atoms with Crippen LogP contribution in [0.2, 0.25) is 0 Å². The van der Waals surface area contributed by atoms with E-state index in [4.69, 9.17) is 15.2 Å². The molecule has 2 aliphatic carbocycles. The van der Waals surface area contributed by atoms with Gasteiger partial charge in [-0.3, -0.25) is 9.59 Å². The van der Waals surface area contributed by atoms with E-state index in [1.807, 2.05) is 6.07 Å². The summed E-state index contributed by atoms with van der Waals surface area (Å²) in [6.07, 6.45) is 9.99. The average Bonchev–Trinajstić information content (AvgIpc) is 3.63. The summed E-state index contributed by atoms with van der Waals surface area (Å²) in [5.74, 6) is 0.461. The number of halogens is 1. The number of carbonyl (C=O) groups excluding carboxylic acids is 2. The van der Waals surface area contributed by atoms with E-state index in [-0.39, 0.29) is 53.2 Å². The molecular weight excluding hydrogens is 535 g/mol. The minimum Gasteiger partial charge on any atom is -0.490 e. The maximum Gasteiger partial charge on any atom is 0.323 e. The first-order valence-corrected chi connectivity index (χ1v) is 15.1. The van der Waals surface area contributed by atoms with Crippen LogP contribution in [0.3, 0.4) is 0 Å². The number of aromatic nitrogens is 2. The summed E-state index contributed by atoms with van der Waals surface area (Å²) in [5.41, 5.74) is 7.54. The Balaban J connectivity index is 1.16. The van der Waals surface area contributed by atoms with Crippen molar-refractivity contribution in [2.45, 2.75) is 95.9 Å². The van der Waals surface area contributed by atoms with Crippen LogP contribution in [-0.4, -0.2) is 45.8 Å². The van der Waals surface area contributed by atoms with Crippen molar-refractivity contribution >= 4 is 17.6 Å². The molecule has 0 unspecified atom stereocenters. The van der Waals surface area contributed by atoms with E-state index in [1.54, 1.807) is 30.3 Å². The smallest absolute Gasteiger partial charge is 0.323 e. The molecule has 1 aromatic heterocycles. The minimum absolute atomic E-state index is 0.0219. The number of nitrogen functional groups attached to an aromatic ring is 1. The maximum atomic E-state index is 13.3. The molecule has 1 heterocycles. The number of rotatable bonds is 11. The summed E-state index contributed by atoms with van der Waals surface area (Å²) < 4.78 is 26.9. The number of ketones is 1. The van der Waals surface area contributed by atoms with Gasteiger partial charge in [-0.2, -0.15) is 5.10 Å². The second-order valence-corrected chi connectivity index (χ2v) is 12.0. The quantitative estimate of drug-likeness (QED) is 0.213. The van der Waals surface area contributed by atoms with E-state index in [2.05, 4.69) is 24.3 Å². The number of nitrogens with two attached hydrogens (primary N) is 1. The van der Waals surface area contributed by atoms with Crippen LogP contribution in [0.4, 0.5) is 10.2 Å². The van der Waals surface area contributed by atoms with Crippen molar-refractivity contribution in [2.75, 3.05) is 5.73 Å². The predicted molar refractivity (Wildman–Crippen MR) is 159 cm³/mol. The summed E-state index contributed by atoms with van der Waals surface area (Å²) >= 11 is 0. The Bertz CT molecular complexity index is 1360. The summed E-state index contributed by atoms with van der Waals surface area (Å²) in [7, 11) is 0. The standard InChI is InChI=1S/C33H41FN4O4/c1-21(2)18-30(33(40)42-26-7-3-4-8-26)37-24-12-16-27(17-13-24)41-28-9-5-6-22(19-28)31(39)29-20-36-38(32(29)35)25-14-10-23(34)11-15-25/h5-6,9-11,14-15,19-21,24,26-27,30,37H,3-4,7-8,12-13,16-18,35H2,1-2H3/t24?,27?,30-/m0/s1. The Morgan fingerprint density at radius 1 is 1.02 bits per heavy atom. The number of hydrogen-bond acceptors (Lipinski definition) is 7. The number of ether oxygens (including phenoxy) is 2. The van der Waals surface area contributed by atoms with Gasteiger partial charge in [-0.15, -0.1) is 0 Å². The monoisotopic (exact) mass is 576 g/mol. The van der Waals surface area contributed by atoms with E-state index in [0.717, 1.165) is 57.8 Å². The first-order chi connectivity index (χ1) is 20.3. The lowest BCUT2D eigenvalue weighted by Crippen LogP contribution is -2.47. The number of nitrogens with zero attached hydrogens (tertiary/aromatic N) is 2. The number of anilines is 1. The Hall–Kier alpha value is -3.72. The van der Waals surface area contributed by atoms with Gasteiger partial charge in [-0.25, -0.2) is 9.07 Å². The predicted octanol–water partition coefficient (Wildman–Crippen LogP) is 6.00. The molecule has 0 aliphatic heterocycles. The van der Waals surface area contributed by atoms with Gasteiger partial charge in [0.2, 0.25) is 0 Å². The van der Waals surface area contributed by atoms with E-state index >= 15 is 0 Å². The highest BCUT2D eigenvalue weighted by atomic mass is 19.1. The molecule has 42 heavy (non-hydrogen) atoms. The van der Waals surface area contributed by atoms with Crippen LogP contribution in [0.1, 0.15) is 87.6 Å². The second kappa shape index (κ2) is 13.5. The Morgan fingerprint density at radius 2 is 1.74 bits per heavy atom. The third kappa shape index (κ3) is 7.37. The lowest BCUT2D eigenvalue weighted by atomic mass is 9.91. The van der Waals surface area contributed by atoms with E-state index in [9.17, 15) is 14.0 Å². The molecule has 2 fully saturated rings. The third-order valence-electron chi connectivity index (χ3n) is 8.21. The molecule has 2 aliphatic rings. The van der Waals surface area contributed by atoms with Gasteiger partial charge in [-0.1, -0.05) is 26.0 Å². The molecule has 0 spiro atoms. The largest absolute Gasteiger partial charge is 0.490 e. The fourth-order valence-electron chi connectivity index (χ4n) is 5.97. The molecule has 9 heteroatoms. The van der Waals surface area contributed by atoms with Crippen molar-refractivity contribution in [3.05, 3.63) is 71.7 Å². The molecular formula is C33H41FN4O4. The fourth-order valence-corrected chi connectivity index (χ4v) is 5.97. The Labute approximate surface area is 246 Å². The van der Waals surface area contributed by atoms with Crippen LogP contribution in [0, 0.1) is 11.7 Å². The lowest BCUT2D eigenvalue weighted by Gasteiger charge is -2.32. The van der Waals surface area contributed by atoms with Crippen LogP contribution < -0.4 is 15.8 Å². The summed E-state index contributed by atoms with van der Waals surface area (Å²) in [6.45, 7) is 4.26. The van der Waals surface area contributed by atoms with Crippen molar-refractivity contribution in [3.63, 3.8) is 0 Å².